The van der Waals surface area contributed by atoms with Gasteiger partial charge >= 0.3 is 0 Å². The average molecular weight is 379 g/mol. The highest BCUT2D eigenvalue weighted by atomic mass is 32.1. The quantitative estimate of drug-likeness (QED) is 0.688. The van der Waals surface area contributed by atoms with Crippen molar-refractivity contribution in [2.24, 2.45) is 0 Å². The second-order valence-corrected chi connectivity index (χ2v) is 7.18. The molecular formula is C20H22N6S. The van der Waals surface area contributed by atoms with Crippen molar-refractivity contribution in [2.75, 3.05) is 36.4 Å². The number of hydrogen-bond donors (Lipinski definition) is 1. The fraction of sp³-hybridized carbons (Fsp3) is 0.300. The zero-order chi connectivity index (χ0) is 18.8. The van der Waals surface area contributed by atoms with E-state index in [0.29, 0.717) is 0 Å². The summed E-state index contributed by atoms with van der Waals surface area (Å²) in [6.07, 6.45) is 1.64. The molecule has 0 aliphatic carbocycles. The van der Waals surface area contributed by atoms with Gasteiger partial charge in [0.05, 0.1) is 5.52 Å². The zero-order valence-electron chi connectivity index (χ0n) is 15.5. The molecule has 1 fully saturated rings. The summed E-state index contributed by atoms with van der Waals surface area (Å²) in [6.45, 7) is 7.47. The van der Waals surface area contributed by atoms with Crippen LogP contribution in [0.25, 0.3) is 10.9 Å². The van der Waals surface area contributed by atoms with Crippen molar-refractivity contribution >= 4 is 39.9 Å². The van der Waals surface area contributed by atoms with Gasteiger partial charge in [-0.1, -0.05) is 12.1 Å². The van der Waals surface area contributed by atoms with Crippen LogP contribution in [0.3, 0.4) is 0 Å². The molecule has 138 valence electrons. The van der Waals surface area contributed by atoms with E-state index in [1.165, 1.54) is 5.56 Å². The van der Waals surface area contributed by atoms with E-state index in [4.69, 9.17) is 12.2 Å². The second kappa shape index (κ2) is 7.44. The Hall–Kier alpha value is -2.80. The number of hydrogen-bond acceptors (Lipinski definition) is 5. The zero-order valence-corrected chi connectivity index (χ0v) is 16.3. The van der Waals surface area contributed by atoms with E-state index in [9.17, 15) is 0 Å². The van der Waals surface area contributed by atoms with E-state index >= 15 is 0 Å². The van der Waals surface area contributed by atoms with Gasteiger partial charge in [0, 0.05) is 37.3 Å². The molecule has 4 rings (SSSR count). The van der Waals surface area contributed by atoms with Gasteiger partial charge in [-0.05, 0) is 55.9 Å². The second-order valence-electron chi connectivity index (χ2n) is 6.79. The summed E-state index contributed by atoms with van der Waals surface area (Å²) in [4.78, 5) is 17.9. The number of aryl methyl sites for hydroxylation is 2. The third-order valence-corrected chi connectivity index (χ3v) is 5.08. The first kappa shape index (κ1) is 17.6. The van der Waals surface area contributed by atoms with Crippen molar-refractivity contribution in [3.63, 3.8) is 0 Å². The van der Waals surface area contributed by atoms with E-state index in [1.54, 1.807) is 6.33 Å². The molecule has 0 atom stereocenters. The first-order chi connectivity index (χ1) is 13.1. The number of aromatic nitrogens is 3. The molecule has 2 aromatic heterocycles. The lowest BCUT2D eigenvalue weighted by Crippen LogP contribution is -2.50. The minimum Gasteiger partial charge on any atom is -0.352 e. The number of benzene rings is 1. The van der Waals surface area contributed by atoms with Crippen LogP contribution < -0.4 is 10.2 Å². The molecule has 3 heterocycles. The molecule has 27 heavy (non-hydrogen) atoms. The van der Waals surface area contributed by atoms with E-state index in [0.717, 1.165) is 59.5 Å². The molecule has 0 bridgehead atoms. The Morgan fingerprint density at radius 1 is 1.04 bits per heavy atom. The topological polar surface area (TPSA) is 57.2 Å². The SMILES string of the molecule is Cc1cc(C)nc(NC(=S)N2CCN(c3ncnc4ccccc34)CC2)c1. The van der Waals surface area contributed by atoms with Crippen LogP contribution in [0, 0.1) is 13.8 Å². The maximum atomic E-state index is 5.61. The third-order valence-electron chi connectivity index (χ3n) is 4.72. The normalized spacial score (nSPS) is 14.4. The van der Waals surface area contributed by atoms with E-state index in [2.05, 4.69) is 49.1 Å². The summed E-state index contributed by atoms with van der Waals surface area (Å²) < 4.78 is 0. The van der Waals surface area contributed by atoms with Gasteiger partial charge in [-0.15, -0.1) is 0 Å². The van der Waals surface area contributed by atoms with Crippen LogP contribution in [0.15, 0.2) is 42.7 Å². The molecule has 0 spiro atoms. The van der Waals surface area contributed by atoms with Gasteiger partial charge in [-0.3, -0.25) is 0 Å². The Kier molecular flexibility index (Phi) is 4.85. The Balaban J connectivity index is 1.43. The molecule has 0 saturated carbocycles. The lowest BCUT2D eigenvalue weighted by atomic mass is 10.2. The smallest absolute Gasteiger partial charge is 0.174 e. The molecular weight excluding hydrogens is 356 g/mol. The number of nitrogens with one attached hydrogen (secondary N) is 1. The molecule has 1 saturated heterocycles. The first-order valence-corrected chi connectivity index (χ1v) is 9.47. The lowest BCUT2D eigenvalue weighted by Gasteiger charge is -2.37. The van der Waals surface area contributed by atoms with Gasteiger partial charge in [-0.25, -0.2) is 15.0 Å². The summed E-state index contributed by atoms with van der Waals surface area (Å²) in [5.74, 6) is 1.80. The van der Waals surface area contributed by atoms with Crippen LogP contribution in [0.2, 0.25) is 0 Å². The number of pyridine rings is 1. The first-order valence-electron chi connectivity index (χ1n) is 9.06. The molecule has 1 aliphatic rings. The summed E-state index contributed by atoms with van der Waals surface area (Å²) >= 11 is 5.61. The van der Waals surface area contributed by atoms with E-state index in [1.807, 2.05) is 31.2 Å². The van der Waals surface area contributed by atoms with E-state index in [-0.39, 0.29) is 0 Å². The highest BCUT2D eigenvalue weighted by molar-refractivity contribution is 7.80. The molecule has 6 nitrogen and oxygen atoms in total. The number of anilines is 2. The molecule has 7 heteroatoms. The highest BCUT2D eigenvalue weighted by Crippen LogP contribution is 2.23. The molecule has 0 unspecified atom stereocenters. The Morgan fingerprint density at radius 3 is 2.59 bits per heavy atom. The van der Waals surface area contributed by atoms with E-state index < -0.39 is 0 Å². The largest absolute Gasteiger partial charge is 0.352 e. The highest BCUT2D eigenvalue weighted by Gasteiger charge is 2.21. The van der Waals surface area contributed by atoms with Crippen molar-refractivity contribution in [1.29, 1.82) is 0 Å². The molecule has 0 amide bonds. The van der Waals surface area contributed by atoms with Crippen LogP contribution in [0.5, 0.6) is 0 Å². The Labute approximate surface area is 164 Å². The fourth-order valence-corrected chi connectivity index (χ4v) is 3.75. The van der Waals surface area contributed by atoms with Crippen LogP contribution in [0.1, 0.15) is 11.3 Å². The predicted octanol–water partition coefficient (Wildman–Crippen LogP) is 3.16. The maximum absolute atomic E-state index is 5.61. The number of nitrogens with zero attached hydrogens (tertiary/aromatic N) is 5. The van der Waals surface area contributed by atoms with Crippen molar-refractivity contribution < 1.29 is 0 Å². The number of rotatable bonds is 2. The van der Waals surface area contributed by atoms with Gasteiger partial charge in [0.1, 0.15) is 18.0 Å². The number of fused-ring (bicyclic) bond motifs is 1. The average Bonchev–Trinajstić information content (AvgIpc) is 2.67. The van der Waals surface area contributed by atoms with Gasteiger partial charge < -0.3 is 15.1 Å². The minimum absolute atomic E-state index is 0.722. The number of piperazine rings is 1. The minimum atomic E-state index is 0.722. The monoisotopic (exact) mass is 378 g/mol. The molecule has 0 radical (unpaired) electrons. The summed E-state index contributed by atoms with van der Waals surface area (Å²) in [5, 5.41) is 5.09. The molecule has 1 aliphatic heterocycles. The number of thiocarbonyl (C=S) groups is 1. The van der Waals surface area contributed by atoms with Crippen LogP contribution in [-0.2, 0) is 0 Å². The standard InChI is InChI=1S/C20H22N6S/c1-14-11-15(2)23-18(12-14)24-20(27)26-9-7-25(8-10-26)19-16-5-3-4-6-17(16)21-13-22-19/h3-6,11-13H,7-10H2,1-2H3,(H,23,24,27). The van der Waals surface area contributed by atoms with Gasteiger partial charge in [0.2, 0.25) is 0 Å². The fourth-order valence-electron chi connectivity index (χ4n) is 3.46. The predicted molar refractivity (Wildman–Crippen MR) is 113 cm³/mol. The van der Waals surface area contributed by atoms with Gasteiger partial charge in [-0.2, -0.15) is 0 Å². The van der Waals surface area contributed by atoms with Crippen molar-refractivity contribution in [2.45, 2.75) is 13.8 Å². The van der Waals surface area contributed by atoms with Crippen molar-refractivity contribution in [1.82, 2.24) is 19.9 Å². The van der Waals surface area contributed by atoms with Gasteiger partial charge in [0.15, 0.2) is 5.11 Å². The summed E-state index contributed by atoms with van der Waals surface area (Å²) in [7, 11) is 0. The third kappa shape index (κ3) is 3.83. The molecule has 1 N–H and O–H groups in total. The number of para-hydroxylation sites is 1. The van der Waals surface area contributed by atoms with Crippen molar-refractivity contribution in [3.8, 4) is 0 Å². The summed E-state index contributed by atoms with van der Waals surface area (Å²) in [6, 6.07) is 12.2. The van der Waals surface area contributed by atoms with Crippen LogP contribution in [0.4, 0.5) is 11.6 Å². The summed E-state index contributed by atoms with van der Waals surface area (Å²) in [5.41, 5.74) is 3.14. The molecule has 3 aromatic rings. The van der Waals surface area contributed by atoms with Crippen LogP contribution >= 0.6 is 12.2 Å². The van der Waals surface area contributed by atoms with Crippen LogP contribution in [-0.4, -0.2) is 51.1 Å². The Bertz CT molecular complexity index is 956. The maximum Gasteiger partial charge on any atom is 0.174 e. The Morgan fingerprint density at radius 2 is 1.81 bits per heavy atom. The molecule has 1 aromatic carbocycles. The van der Waals surface area contributed by atoms with Gasteiger partial charge in [0.25, 0.3) is 0 Å². The lowest BCUT2D eigenvalue weighted by molar-refractivity contribution is 0.390. The van der Waals surface area contributed by atoms with Crippen molar-refractivity contribution in [3.05, 3.63) is 54.0 Å².